The molecule has 0 atom stereocenters. The highest BCUT2D eigenvalue weighted by Gasteiger charge is 2.26. The first-order valence-electron chi connectivity index (χ1n) is 9.06. The number of benzene rings is 2. The molecule has 29 heavy (non-hydrogen) atoms. The Bertz CT molecular complexity index is 992. The fourth-order valence-electron chi connectivity index (χ4n) is 2.99. The minimum absolute atomic E-state index is 0.0243. The number of amides is 1. The van der Waals surface area contributed by atoms with Crippen LogP contribution in [0.3, 0.4) is 0 Å². The highest BCUT2D eigenvalue weighted by molar-refractivity contribution is 7.89. The first kappa shape index (κ1) is 21.1. The van der Waals surface area contributed by atoms with Crippen molar-refractivity contribution in [3.8, 4) is 0 Å². The summed E-state index contributed by atoms with van der Waals surface area (Å²) in [5.41, 5.74) is 4.77. The zero-order chi connectivity index (χ0) is 21.0. The van der Waals surface area contributed by atoms with Gasteiger partial charge in [0.25, 0.3) is 0 Å². The Morgan fingerprint density at radius 1 is 0.966 bits per heavy atom. The van der Waals surface area contributed by atoms with Crippen molar-refractivity contribution in [1.29, 1.82) is 0 Å². The van der Waals surface area contributed by atoms with E-state index in [-0.39, 0.29) is 11.3 Å². The van der Waals surface area contributed by atoms with Crippen molar-refractivity contribution in [3.05, 3.63) is 59.4 Å². The molecule has 2 aromatic carbocycles. The largest absolute Gasteiger partial charge is 0.296 e. The number of carbonyl (C=O) groups is 1. The molecule has 0 aliphatic carbocycles. The van der Waals surface area contributed by atoms with E-state index in [4.69, 9.17) is 0 Å². The van der Waals surface area contributed by atoms with Crippen LogP contribution in [0.2, 0.25) is 0 Å². The predicted octanol–water partition coefficient (Wildman–Crippen LogP) is 2.96. The molecule has 3 rings (SSSR count). The van der Waals surface area contributed by atoms with Crippen molar-refractivity contribution >= 4 is 21.6 Å². The summed E-state index contributed by atoms with van der Waals surface area (Å²) in [5, 5.41) is 0. The number of carbonyl (C=O) groups excluding carboxylic acids is 1. The smallest absolute Gasteiger partial charge is 0.243 e. The maximum absolute atomic E-state index is 13.5. The van der Waals surface area contributed by atoms with Crippen LogP contribution in [0.5, 0.6) is 0 Å². The molecule has 2 N–H and O–H groups in total. The minimum atomic E-state index is -3.49. The van der Waals surface area contributed by atoms with Gasteiger partial charge < -0.3 is 0 Å². The normalized spacial score (nSPS) is 14.7. The lowest BCUT2D eigenvalue weighted by Crippen LogP contribution is -2.30. The van der Waals surface area contributed by atoms with Crippen molar-refractivity contribution in [2.75, 3.05) is 18.5 Å². The van der Waals surface area contributed by atoms with Crippen LogP contribution in [0, 0.1) is 17.5 Å². The van der Waals surface area contributed by atoms with Crippen LogP contribution in [0.1, 0.15) is 24.8 Å². The Morgan fingerprint density at radius 3 is 2.28 bits per heavy atom. The number of anilines is 1. The Hall–Kier alpha value is -2.59. The number of aryl methyl sites for hydroxylation is 1. The van der Waals surface area contributed by atoms with Crippen molar-refractivity contribution in [1.82, 2.24) is 9.73 Å². The van der Waals surface area contributed by atoms with Gasteiger partial charge in [0.15, 0.2) is 17.5 Å². The van der Waals surface area contributed by atoms with E-state index in [0.29, 0.717) is 19.5 Å². The van der Waals surface area contributed by atoms with Gasteiger partial charge in [-0.15, -0.1) is 0 Å². The zero-order valence-corrected chi connectivity index (χ0v) is 16.2. The summed E-state index contributed by atoms with van der Waals surface area (Å²) in [6.07, 6.45) is 2.05. The van der Waals surface area contributed by atoms with Gasteiger partial charge in [0, 0.05) is 19.5 Å². The standard InChI is InChI=1S/C19H20F3N3O3S/c20-15-8-9-16(19(22)18(15)21)23-24-17(26)10-5-13-3-6-14(7-4-13)29(27,28)25-11-1-2-12-25/h3-4,6-9,23H,1-2,5,10-12H2,(H,24,26). The second-order valence-electron chi connectivity index (χ2n) is 6.65. The molecule has 1 aliphatic heterocycles. The van der Waals surface area contributed by atoms with Crippen LogP contribution in [0.15, 0.2) is 41.3 Å². The Kier molecular flexibility index (Phi) is 6.43. The van der Waals surface area contributed by atoms with Gasteiger partial charge in [0.1, 0.15) is 0 Å². The minimum Gasteiger partial charge on any atom is -0.296 e. The van der Waals surface area contributed by atoms with Crippen LogP contribution in [0.25, 0.3) is 0 Å². The molecule has 0 radical (unpaired) electrons. The van der Waals surface area contributed by atoms with Gasteiger partial charge in [0.05, 0.1) is 10.6 Å². The molecule has 0 spiro atoms. The van der Waals surface area contributed by atoms with Gasteiger partial charge in [-0.3, -0.25) is 15.6 Å². The molecule has 6 nitrogen and oxygen atoms in total. The monoisotopic (exact) mass is 427 g/mol. The quantitative estimate of drug-likeness (QED) is 0.526. The fourth-order valence-corrected chi connectivity index (χ4v) is 4.50. The number of hydrogen-bond donors (Lipinski definition) is 2. The topological polar surface area (TPSA) is 78.5 Å². The number of hydrogen-bond acceptors (Lipinski definition) is 4. The summed E-state index contributed by atoms with van der Waals surface area (Å²) in [6, 6.07) is 8.00. The van der Waals surface area contributed by atoms with Gasteiger partial charge in [0.2, 0.25) is 15.9 Å². The maximum atomic E-state index is 13.5. The SMILES string of the molecule is O=C(CCc1ccc(S(=O)(=O)N2CCCC2)cc1)NNc1ccc(F)c(F)c1F. The lowest BCUT2D eigenvalue weighted by Gasteiger charge is -2.15. The summed E-state index contributed by atoms with van der Waals surface area (Å²) >= 11 is 0. The van der Waals surface area contributed by atoms with Gasteiger partial charge in [-0.25, -0.2) is 21.6 Å². The number of hydrazine groups is 1. The Balaban J connectivity index is 1.52. The molecule has 10 heteroatoms. The Morgan fingerprint density at radius 2 is 1.62 bits per heavy atom. The third kappa shape index (κ3) is 4.88. The van der Waals surface area contributed by atoms with Gasteiger partial charge >= 0.3 is 0 Å². The van der Waals surface area contributed by atoms with E-state index in [1.807, 2.05) is 0 Å². The summed E-state index contributed by atoms with van der Waals surface area (Å²) in [7, 11) is -3.49. The molecule has 1 heterocycles. The molecule has 0 aromatic heterocycles. The molecule has 156 valence electrons. The highest BCUT2D eigenvalue weighted by Crippen LogP contribution is 2.21. The second kappa shape index (κ2) is 8.83. The lowest BCUT2D eigenvalue weighted by molar-refractivity contribution is -0.120. The lowest BCUT2D eigenvalue weighted by atomic mass is 10.1. The molecular weight excluding hydrogens is 407 g/mol. The van der Waals surface area contributed by atoms with Crippen LogP contribution < -0.4 is 10.9 Å². The molecule has 1 aliphatic rings. The number of rotatable bonds is 7. The van der Waals surface area contributed by atoms with E-state index < -0.39 is 39.1 Å². The van der Waals surface area contributed by atoms with E-state index in [1.165, 1.54) is 16.4 Å². The third-order valence-electron chi connectivity index (χ3n) is 4.64. The van der Waals surface area contributed by atoms with Gasteiger partial charge in [-0.05, 0) is 49.1 Å². The van der Waals surface area contributed by atoms with E-state index >= 15 is 0 Å². The molecule has 0 bridgehead atoms. The molecule has 2 aromatic rings. The average Bonchev–Trinajstić information content (AvgIpc) is 3.26. The first-order valence-corrected chi connectivity index (χ1v) is 10.5. The van der Waals surface area contributed by atoms with E-state index in [0.717, 1.165) is 30.5 Å². The summed E-state index contributed by atoms with van der Waals surface area (Å²) in [4.78, 5) is 12.1. The zero-order valence-electron chi connectivity index (χ0n) is 15.4. The van der Waals surface area contributed by atoms with Gasteiger partial charge in [-0.2, -0.15) is 4.31 Å². The molecule has 1 saturated heterocycles. The second-order valence-corrected chi connectivity index (χ2v) is 8.59. The molecule has 0 unspecified atom stereocenters. The summed E-state index contributed by atoms with van der Waals surface area (Å²) < 4.78 is 66.0. The molecule has 1 amide bonds. The summed E-state index contributed by atoms with van der Waals surface area (Å²) in [6.45, 7) is 1.05. The first-order chi connectivity index (χ1) is 13.8. The Labute approximate surface area is 166 Å². The number of sulfonamides is 1. The van der Waals surface area contributed by atoms with Crippen molar-refractivity contribution < 1.29 is 26.4 Å². The summed E-state index contributed by atoms with van der Waals surface area (Å²) in [5.74, 6) is -4.88. The number of nitrogens with one attached hydrogen (secondary N) is 2. The fraction of sp³-hybridized carbons (Fsp3) is 0.316. The highest BCUT2D eigenvalue weighted by atomic mass is 32.2. The third-order valence-corrected chi connectivity index (χ3v) is 6.55. The average molecular weight is 427 g/mol. The molecule has 1 fully saturated rings. The van der Waals surface area contributed by atoms with Crippen molar-refractivity contribution in [3.63, 3.8) is 0 Å². The van der Waals surface area contributed by atoms with E-state index in [9.17, 15) is 26.4 Å². The molecule has 0 saturated carbocycles. The predicted molar refractivity (Wildman–Crippen MR) is 101 cm³/mol. The number of nitrogens with zero attached hydrogens (tertiary/aromatic N) is 1. The van der Waals surface area contributed by atoms with Crippen molar-refractivity contribution in [2.45, 2.75) is 30.6 Å². The van der Waals surface area contributed by atoms with E-state index in [2.05, 4.69) is 10.9 Å². The van der Waals surface area contributed by atoms with Gasteiger partial charge in [-0.1, -0.05) is 12.1 Å². The molecular formula is C19H20F3N3O3S. The van der Waals surface area contributed by atoms with Crippen LogP contribution >= 0.6 is 0 Å². The number of halogens is 3. The van der Waals surface area contributed by atoms with Crippen LogP contribution in [-0.4, -0.2) is 31.7 Å². The maximum Gasteiger partial charge on any atom is 0.243 e. The van der Waals surface area contributed by atoms with E-state index in [1.54, 1.807) is 12.1 Å². The van der Waals surface area contributed by atoms with Crippen molar-refractivity contribution in [2.24, 2.45) is 0 Å². The van der Waals surface area contributed by atoms with Crippen LogP contribution in [-0.2, 0) is 21.2 Å². The van der Waals surface area contributed by atoms with Crippen LogP contribution in [0.4, 0.5) is 18.9 Å².